The number of methoxy groups -OCH3 is 1. The first-order chi connectivity index (χ1) is 14.6. The highest BCUT2D eigenvalue weighted by molar-refractivity contribution is 5.94. The molecular weight excluding hydrogens is 381 g/mol. The third kappa shape index (κ3) is 4.66. The van der Waals surface area contributed by atoms with Gasteiger partial charge in [0.05, 0.1) is 7.11 Å². The molecule has 1 atom stereocenters. The van der Waals surface area contributed by atoms with Gasteiger partial charge in [-0.05, 0) is 47.9 Å². The van der Waals surface area contributed by atoms with Crippen molar-refractivity contribution in [1.29, 1.82) is 0 Å². The summed E-state index contributed by atoms with van der Waals surface area (Å²) in [5.74, 6) is 0.306. The first-order valence-electron chi connectivity index (χ1n) is 9.98. The van der Waals surface area contributed by atoms with Gasteiger partial charge in [0.15, 0.2) is 0 Å². The predicted octanol–water partition coefficient (Wildman–Crippen LogP) is 3.90. The lowest BCUT2D eigenvalue weighted by Gasteiger charge is -2.17. The van der Waals surface area contributed by atoms with Gasteiger partial charge in [-0.2, -0.15) is 0 Å². The van der Waals surface area contributed by atoms with E-state index in [4.69, 9.17) is 4.74 Å². The quantitative estimate of drug-likeness (QED) is 0.676. The van der Waals surface area contributed by atoms with Gasteiger partial charge in [-0.25, -0.2) is 4.39 Å². The molecule has 1 fully saturated rings. The van der Waals surface area contributed by atoms with Crippen molar-refractivity contribution in [2.45, 2.75) is 19.0 Å². The lowest BCUT2D eigenvalue weighted by Crippen LogP contribution is -2.36. The number of halogens is 1. The number of carbonyl (C=O) groups excluding carboxylic acids is 1. The number of hydrogen-bond donors (Lipinski definition) is 1. The van der Waals surface area contributed by atoms with Crippen LogP contribution in [0, 0.1) is 5.82 Å². The molecule has 0 bridgehead atoms. The van der Waals surface area contributed by atoms with Crippen LogP contribution in [0.4, 0.5) is 4.39 Å². The second-order valence-corrected chi connectivity index (χ2v) is 7.47. The first kappa shape index (κ1) is 20.0. The molecule has 1 N–H and O–H groups in total. The van der Waals surface area contributed by atoms with Gasteiger partial charge in [0.2, 0.25) is 0 Å². The van der Waals surface area contributed by atoms with E-state index < -0.39 is 0 Å². The van der Waals surface area contributed by atoms with Crippen LogP contribution < -0.4 is 10.1 Å². The van der Waals surface area contributed by atoms with Crippen molar-refractivity contribution in [1.82, 2.24) is 15.2 Å². The zero-order valence-electron chi connectivity index (χ0n) is 16.8. The van der Waals surface area contributed by atoms with Crippen LogP contribution in [0.1, 0.15) is 22.3 Å². The molecule has 1 aliphatic heterocycles. The van der Waals surface area contributed by atoms with E-state index >= 15 is 0 Å². The van der Waals surface area contributed by atoms with Crippen molar-refractivity contribution in [3.05, 3.63) is 83.9 Å². The monoisotopic (exact) mass is 405 g/mol. The molecule has 2 aromatic carbocycles. The Morgan fingerprint density at radius 3 is 2.67 bits per heavy atom. The molecule has 0 saturated carbocycles. The fourth-order valence-corrected chi connectivity index (χ4v) is 3.82. The summed E-state index contributed by atoms with van der Waals surface area (Å²) in [5, 5.41) is 3.10. The maximum Gasteiger partial charge on any atom is 0.251 e. The SMILES string of the molecule is COc1ccc(F)cc1-c1ccc(CN2CCC(NC(=O)c3ccncc3)C2)cc1. The topological polar surface area (TPSA) is 54.5 Å². The Hall–Kier alpha value is -3.25. The van der Waals surface area contributed by atoms with Crippen molar-refractivity contribution < 1.29 is 13.9 Å². The summed E-state index contributed by atoms with van der Waals surface area (Å²) in [4.78, 5) is 18.6. The van der Waals surface area contributed by atoms with Gasteiger partial charge in [-0.1, -0.05) is 24.3 Å². The van der Waals surface area contributed by atoms with Gasteiger partial charge in [0.1, 0.15) is 11.6 Å². The van der Waals surface area contributed by atoms with E-state index in [0.717, 1.165) is 37.2 Å². The summed E-state index contributed by atoms with van der Waals surface area (Å²) < 4.78 is 19.0. The number of carbonyl (C=O) groups is 1. The van der Waals surface area contributed by atoms with Crippen molar-refractivity contribution in [2.75, 3.05) is 20.2 Å². The molecule has 3 aromatic rings. The standard InChI is InChI=1S/C24H24FN3O2/c1-30-23-7-6-20(25)14-22(23)18-4-2-17(3-5-18)15-28-13-10-21(16-28)27-24(29)19-8-11-26-12-9-19/h2-9,11-12,14,21H,10,13,15-16H2,1H3,(H,27,29). The molecule has 6 heteroatoms. The van der Waals surface area contributed by atoms with Gasteiger partial charge in [0.25, 0.3) is 5.91 Å². The van der Waals surface area contributed by atoms with Gasteiger partial charge in [-0.3, -0.25) is 14.7 Å². The second kappa shape index (κ2) is 9.05. The Balaban J connectivity index is 1.35. The zero-order valence-corrected chi connectivity index (χ0v) is 16.8. The zero-order chi connectivity index (χ0) is 20.9. The molecule has 1 amide bonds. The average molecular weight is 405 g/mol. The minimum Gasteiger partial charge on any atom is -0.496 e. The largest absolute Gasteiger partial charge is 0.496 e. The maximum atomic E-state index is 13.7. The highest BCUT2D eigenvalue weighted by Gasteiger charge is 2.24. The van der Waals surface area contributed by atoms with E-state index in [1.165, 1.54) is 17.7 Å². The number of benzene rings is 2. The van der Waals surface area contributed by atoms with E-state index in [0.29, 0.717) is 11.3 Å². The molecule has 0 spiro atoms. The van der Waals surface area contributed by atoms with Crippen molar-refractivity contribution in [3.8, 4) is 16.9 Å². The number of likely N-dealkylation sites (tertiary alicyclic amines) is 1. The smallest absolute Gasteiger partial charge is 0.251 e. The number of aromatic nitrogens is 1. The Labute approximate surface area is 175 Å². The lowest BCUT2D eigenvalue weighted by atomic mass is 10.0. The van der Waals surface area contributed by atoms with Gasteiger partial charge < -0.3 is 10.1 Å². The van der Waals surface area contributed by atoms with Crippen LogP contribution in [-0.4, -0.2) is 42.0 Å². The van der Waals surface area contributed by atoms with E-state index in [9.17, 15) is 9.18 Å². The number of amides is 1. The number of pyridine rings is 1. The summed E-state index contributed by atoms with van der Waals surface area (Å²) >= 11 is 0. The molecule has 5 nitrogen and oxygen atoms in total. The van der Waals surface area contributed by atoms with E-state index in [1.807, 2.05) is 12.1 Å². The van der Waals surface area contributed by atoms with E-state index in [2.05, 4.69) is 27.3 Å². The minimum atomic E-state index is -0.285. The van der Waals surface area contributed by atoms with Crippen LogP contribution in [0.2, 0.25) is 0 Å². The summed E-state index contributed by atoms with van der Waals surface area (Å²) in [5.41, 5.74) is 3.46. The average Bonchev–Trinajstić information content (AvgIpc) is 3.21. The van der Waals surface area contributed by atoms with Crippen molar-refractivity contribution in [2.24, 2.45) is 0 Å². The summed E-state index contributed by atoms with van der Waals surface area (Å²) in [7, 11) is 1.59. The lowest BCUT2D eigenvalue weighted by molar-refractivity contribution is 0.0937. The van der Waals surface area contributed by atoms with Gasteiger partial charge in [-0.15, -0.1) is 0 Å². The molecule has 1 aromatic heterocycles. The van der Waals surface area contributed by atoms with Crippen molar-refractivity contribution in [3.63, 3.8) is 0 Å². The Bertz CT molecular complexity index is 1010. The molecule has 30 heavy (non-hydrogen) atoms. The highest BCUT2D eigenvalue weighted by atomic mass is 19.1. The Morgan fingerprint density at radius 2 is 1.93 bits per heavy atom. The number of ether oxygens (including phenoxy) is 1. The van der Waals surface area contributed by atoms with Crippen LogP contribution in [0.15, 0.2) is 67.0 Å². The van der Waals surface area contributed by atoms with E-state index in [-0.39, 0.29) is 17.8 Å². The van der Waals surface area contributed by atoms with Gasteiger partial charge >= 0.3 is 0 Å². The molecule has 2 heterocycles. The van der Waals surface area contributed by atoms with Crippen LogP contribution in [0.25, 0.3) is 11.1 Å². The highest BCUT2D eigenvalue weighted by Crippen LogP contribution is 2.31. The molecule has 0 radical (unpaired) electrons. The molecule has 4 rings (SSSR count). The van der Waals surface area contributed by atoms with Gasteiger partial charge in [0, 0.05) is 49.2 Å². The van der Waals surface area contributed by atoms with Crippen molar-refractivity contribution >= 4 is 5.91 Å². The minimum absolute atomic E-state index is 0.0577. The van der Waals surface area contributed by atoms with Crippen LogP contribution >= 0.6 is 0 Å². The molecule has 154 valence electrons. The fourth-order valence-electron chi connectivity index (χ4n) is 3.82. The Kier molecular flexibility index (Phi) is 6.05. The second-order valence-electron chi connectivity index (χ2n) is 7.47. The molecule has 0 aliphatic carbocycles. The van der Waals surface area contributed by atoms with Crippen LogP contribution in [0.5, 0.6) is 5.75 Å². The first-order valence-corrected chi connectivity index (χ1v) is 9.98. The number of nitrogens with one attached hydrogen (secondary N) is 1. The molecule has 1 unspecified atom stereocenters. The summed E-state index contributed by atoms with van der Waals surface area (Å²) in [6.07, 6.45) is 4.17. The number of hydrogen-bond acceptors (Lipinski definition) is 4. The predicted molar refractivity (Wildman–Crippen MR) is 114 cm³/mol. The summed E-state index contributed by atoms with van der Waals surface area (Å²) in [6, 6.07) is 16.2. The third-order valence-corrected chi connectivity index (χ3v) is 5.38. The third-order valence-electron chi connectivity index (χ3n) is 5.38. The molecule has 1 saturated heterocycles. The number of nitrogens with zero attached hydrogens (tertiary/aromatic N) is 2. The number of rotatable bonds is 6. The summed E-state index contributed by atoms with van der Waals surface area (Å²) in [6.45, 7) is 2.55. The molecule has 1 aliphatic rings. The van der Waals surface area contributed by atoms with E-state index in [1.54, 1.807) is 37.7 Å². The fraction of sp³-hybridized carbons (Fsp3) is 0.250. The Morgan fingerprint density at radius 1 is 1.17 bits per heavy atom. The van der Waals surface area contributed by atoms with Crippen LogP contribution in [-0.2, 0) is 6.54 Å². The maximum absolute atomic E-state index is 13.7. The van der Waals surface area contributed by atoms with Crippen LogP contribution in [0.3, 0.4) is 0 Å². The molecular formula is C24H24FN3O2. The normalized spacial score (nSPS) is 16.4.